The van der Waals surface area contributed by atoms with Gasteiger partial charge in [-0.05, 0) is 11.7 Å². The van der Waals surface area contributed by atoms with Crippen molar-refractivity contribution in [1.82, 2.24) is 0 Å². The molecular formula is C6H12O2S. The van der Waals surface area contributed by atoms with Crippen LogP contribution in [0.15, 0.2) is 0 Å². The molecule has 1 atom stereocenters. The molecule has 0 aliphatic carbocycles. The van der Waals surface area contributed by atoms with Gasteiger partial charge in [0.1, 0.15) is 0 Å². The highest BCUT2D eigenvalue weighted by molar-refractivity contribution is 7.80. The quantitative estimate of drug-likeness (QED) is 0.592. The second-order valence-electron chi connectivity index (χ2n) is 2.05. The van der Waals surface area contributed by atoms with Crippen molar-refractivity contribution in [3.63, 3.8) is 0 Å². The molecule has 0 saturated heterocycles. The van der Waals surface area contributed by atoms with E-state index in [-0.39, 0.29) is 12.3 Å². The van der Waals surface area contributed by atoms with Gasteiger partial charge in [-0.2, -0.15) is 12.6 Å². The van der Waals surface area contributed by atoms with Gasteiger partial charge in [-0.1, -0.05) is 13.3 Å². The van der Waals surface area contributed by atoms with Crippen LogP contribution in [-0.2, 0) is 4.79 Å². The maximum Gasteiger partial charge on any atom is 0.303 e. The molecule has 0 aromatic heterocycles. The minimum Gasteiger partial charge on any atom is -0.481 e. The van der Waals surface area contributed by atoms with Crippen molar-refractivity contribution in [2.24, 2.45) is 5.92 Å². The van der Waals surface area contributed by atoms with Crippen LogP contribution >= 0.6 is 12.6 Å². The van der Waals surface area contributed by atoms with E-state index in [0.717, 1.165) is 6.42 Å². The zero-order valence-corrected chi connectivity index (χ0v) is 6.40. The molecule has 9 heavy (non-hydrogen) atoms. The largest absolute Gasteiger partial charge is 0.481 e. The molecule has 0 bridgehead atoms. The van der Waals surface area contributed by atoms with Crippen molar-refractivity contribution in [2.75, 3.05) is 5.75 Å². The van der Waals surface area contributed by atoms with Gasteiger partial charge in [0.05, 0.1) is 0 Å². The molecule has 3 heteroatoms. The molecule has 1 N–H and O–H groups in total. The highest BCUT2D eigenvalue weighted by Gasteiger charge is 2.07. The summed E-state index contributed by atoms with van der Waals surface area (Å²) in [5.74, 6) is 0.185. The zero-order chi connectivity index (χ0) is 7.28. The van der Waals surface area contributed by atoms with Gasteiger partial charge in [-0.3, -0.25) is 4.79 Å². The summed E-state index contributed by atoms with van der Waals surface area (Å²) < 4.78 is 0. The Hall–Kier alpha value is -0.180. The first-order valence-corrected chi connectivity index (χ1v) is 3.66. The molecule has 2 nitrogen and oxygen atoms in total. The van der Waals surface area contributed by atoms with Crippen LogP contribution in [0, 0.1) is 5.92 Å². The summed E-state index contributed by atoms with van der Waals surface area (Å²) in [7, 11) is 0. The fourth-order valence-corrected chi connectivity index (χ4v) is 0.972. The third-order valence-corrected chi connectivity index (χ3v) is 1.82. The maximum absolute atomic E-state index is 10.1. The van der Waals surface area contributed by atoms with E-state index in [0.29, 0.717) is 5.75 Å². The molecular weight excluding hydrogens is 136 g/mol. The van der Waals surface area contributed by atoms with Crippen molar-refractivity contribution in [1.29, 1.82) is 0 Å². The van der Waals surface area contributed by atoms with Crippen LogP contribution < -0.4 is 0 Å². The molecule has 0 saturated carbocycles. The summed E-state index contributed by atoms with van der Waals surface area (Å²) in [4.78, 5) is 10.1. The normalized spacial score (nSPS) is 13.1. The van der Waals surface area contributed by atoms with Crippen LogP contribution in [0.4, 0.5) is 0 Å². The van der Waals surface area contributed by atoms with Crippen LogP contribution in [0.3, 0.4) is 0 Å². The smallest absolute Gasteiger partial charge is 0.303 e. The SMILES string of the molecule is CCC(CS)CC(=O)O. The van der Waals surface area contributed by atoms with Crippen molar-refractivity contribution in [2.45, 2.75) is 19.8 Å². The topological polar surface area (TPSA) is 37.3 Å². The Morgan fingerprint density at radius 2 is 2.33 bits per heavy atom. The molecule has 0 heterocycles. The molecule has 1 unspecified atom stereocenters. The number of thiol groups is 1. The third kappa shape index (κ3) is 4.33. The van der Waals surface area contributed by atoms with E-state index in [2.05, 4.69) is 12.6 Å². The molecule has 0 spiro atoms. The van der Waals surface area contributed by atoms with E-state index in [1.165, 1.54) is 0 Å². The predicted octanol–water partition coefficient (Wildman–Crippen LogP) is 1.42. The lowest BCUT2D eigenvalue weighted by atomic mass is 10.1. The highest BCUT2D eigenvalue weighted by atomic mass is 32.1. The number of carbonyl (C=O) groups is 1. The molecule has 0 aliphatic rings. The lowest BCUT2D eigenvalue weighted by Gasteiger charge is -2.05. The van der Waals surface area contributed by atoms with Gasteiger partial charge in [0.15, 0.2) is 0 Å². The van der Waals surface area contributed by atoms with Gasteiger partial charge in [0.2, 0.25) is 0 Å². The minimum absolute atomic E-state index is 0.242. The Bertz CT molecular complexity index is 89.1. The first-order valence-electron chi connectivity index (χ1n) is 3.03. The van der Waals surface area contributed by atoms with E-state index in [1.54, 1.807) is 0 Å². The van der Waals surface area contributed by atoms with E-state index < -0.39 is 5.97 Å². The lowest BCUT2D eigenvalue weighted by molar-refractivity contribution is -0.137. The average molecular weight is 148 g/mol. The second kappa shape index (κ2) is 4.68. The predicted molar refractivity (Wildman–Crippen MR) is 39.9 cm³/mol. The summed E-state index contributed by atoms with van der Waals surface area (Å²) in [6.07, 6.45) is 1.15. The number of hydrogen-bond acceptors (Lipinski definition) is 2. The first-order chi connectivity index (χ1) is 4.20. The summed E-state index contributed by atoms with van der Waals surface area (Å²) in [5.41, 5.74) is 0. The van der Waals surface area contributed by atoms with E-state index in [9.17, 15) is 4.79 Å². The number of hydrogen-bond donors (Lipinski definition) is 2. The van der Waals surface area contributed by atoms with Crippen molar-refractivity contribution < 1.29 is 9.90 Å². The second-order valence-corrected chi connectivity index (χ2v) is 2.42. The van der Waals surface area contributed by atoms with Crippen LogP contribution in [0.25, 0.3) is 0 Å². The first kappa shape index (κ1) is 8.82. The number of aliphatic carboxylic acids is 1. The van der Waals surface area contributed by atoms with Crippen LogP contribution in [-0.4, -0.2) is 16.8 Å². The third-order valence-electron chi connectivity index (χ3n) is 1.30. The monoisotopic (exact) mass is 148 g/mol. The van der Waals surface area contributed by atoms with Gasteiger partial charge in [0, 0.05) is 6.42 Å². The Labute approximate surface area is 60.7 Å². The summed E-state index contributed by atoms with van der Waals surface area (Å²) in [6, 6.07) is 0. The Morgan fingerprint density at radius 1 is 1.78 bits per heavy atom. The standard InChI is InChI=1S/C6H12O2S/c1-2-5(4-9)3-6(7)8/h5,9H,2-4H2,1H3,(H,7,8). The highest BCUT2D eigenvalue weighted by Crippen LogP contribution is 2.08. The average Bonchev–Trinajstić information content (AvgIpc) is 1.82. The zero-order valence-electron chi connectivity index (χ0n) is 5.50. The van der Waals surface area contributed by atoms with Crippen molar-refractivity contribution in [3.8, 4) is 0 Å². The minimum atomic E-state index is -0.726. The van der Waals surface area contributed by atoms with Gasteiger partial charge >= 0.3 is 5.97 Å². The van der Waals surface area contributed by atoms with Crippen molar-refractivity contribution in [3.05, 3.63) is 0 Å². The molecule has 0 rings (SSSR count). The lowest BCUT2D eigenvalue weighted by Crippen LogP contribution is -2.07. The molecule has 0 aromatic carbocycles. The molecule has 0 radical (unpaired) electrons. The van der Waals surface area contributed by atoms with Gasteiger partial charge in [0.25, 0.3) is 0 Å². The molecule has 0 amide bonds. The Kier molecular flexibility index (Phi) is 4.58. The van der Waals surface area contributed by atoms with E-state index in [1.807, 2.05) is 6.92 Å². The number of rotatable bonds is 4. The number of carboxylic acids is 1. The summed E-state index contributed by atoms with van der Waals surface area (Å²) in [6.45, 7) is 1.98. The van der Waals surface area contributed by atoms with Gasteiger partial charge in [-0.15, -0.1) is 0 Å². The molecule has 0 aromatic rings. The van der Waals surface area contributed by atoms with Crippen LogP contribution in [0.1, 0.15) is 19.8 Å². The van der Waals surface area contributed by atoms with Gasteiger partial charge < -0.3 is 5.11 Å². The summed E-state index contributed by atoms with van der Waals surface area (Å²) in [5, 5.41) is 8.31. The van der Waals surface area contributed by atoms with E-state index in [4.69, 9.17) is 5.11 Å². The van der Waals surface area contributed by atoms with E-state index >= 15 is 0 Å². The fourth-order valence-electron chi connectivity index (χ4n) is 0.585. The summed E-state index contributed by atoms with van der Waals surface area (Å²) >= 11 is 4.01. The fraction of sp³-hybridized carbons (Fsp3) is 0.833. The van der Waals surface area contributed by atoms with Crippen LogP contribution in [0.5, 0.6) is 0 Å². The van der Waals surface area contributed by atoms with Crippen LogP contribution in [0.2, 0.25) is 0 Å². The molecule has 54 valence electrons. The molecule has 0 aliphatic heterocycles. The Balaban J connectivity index is 3.43. The maximum atomic E-state index is 10.1. The Morgan fingerprint density at radius 3 is 2.44 bits per heavy atom. The molecule has 0 fully saturated rings. The number of carboxylic acid groups (broad SMARTS) is 1. The van der Waals surface area contributed by atoms with Crippen molar-refractivity contribution >= 4 is 18.6 Å². The van der Waals surface area contributed by atoms with Gasteiger partial charge in [-0.25, -0.2) is 0 Å².